The smallest absolute Gasteiger partial charge is 0.428 e. The molecule has 3 aliphatic heterocycles. The molecule has 3 saturated heterocycles. The molecular formula is C9H7F2O8S-. The Balaban J connectivity index is 1.77. The van der Waals surface area contributed by atoms with Crippen molar-refractivity contribution < 1.29 is 45.6 Å². The Bertz CT molecular complexity index is 587. The maximum atomic E-state index is 13.0. The van der Waals surface area contributed by atoms with Gasteiger partial charge in [0.1, 0.15) is 6.10 Å². The summed E-state index contributed by atoms with van der Waals surface area (Å²) in [5.41, 5.74) is 0. The van der Waals surface area contributed by atoms with E-state index < -0.39 is 57.6 Å². The van der Waals surface area contributed by atoms with Gasteiger partial charge in [-0.15, -0.1) is 0 Å². The molecular weight excluding hydrogens is 306 g/mol. The fourth-order valence-electron chi connectivity index (χ4n) is 2.68. The van der Waals surface area contributed by atoms with Crippen LogP contribution in [0.4, 0.5) is 8.78 Å². The average molecular weight is 313 g/mol. The highest BCUT2D eigenvalue weighted by molar-refractivity contribution is 7.87. The number of carbonyl (C=O) groups is 2. The predicted octanol–water partition coefficient (Wildman–Crippen LogP) is -1.25. The molecule has 20 heavy (non-hydrogen) atoms. The first-order valence-electron chi connectivity index (χ1n) is 5.53. The van der Waals surface area contributed by atoms with Gasteiger partial charge in [-0.3, -0.25) is 4.79 Å². The van der Waals surface area contributed by atoms with Gasteiger partial charge < -0.3 is 18.8 Å². The van der Waals surface area contributed by atoms with Crippen molar-refractivity contribution in [1.82, 2.24) is 0 Å². The van der Waals surface area contributed by atoms with Crippen molar-refractivity contribution in [2.24, 2.45) is 5.92 Å². The van der Waals surface area contributed by atoms with Gasteiger partial charge in [-0.25, -0.2) is 13.2 Å². The van der Waals surface area contributed by atoms with E-state index >= 15 is 0 Å². The second-order valence-corrected chi connectivity index (χ2v) is 6.14. The predicted molar refractivity (Wildman–Crippen MR) is 51.2 cm³/mol. The molecule has 3 fully saturated rings. The lowest BCUT2D eigenvalue weighted by Gasteiger charge is -2.25. The molecule has 3 rings (SSSR count). The van der Waals surface area contributed by atoms with Gasteiger partial charge in [0.15, 0.2) is 22.3 Å². The summed E-state index contributed by atoms with van der Waals surface area (Å²) < 4.78 is 71.4. The second kappa shape index (κ2) is 3.86. The molecule has 112 valence electrons. The van der Waals surface area contributed by atoms with Crippen molar-refractivity contribution in [1.29, 1.82) is 0 Å². The van der Waals surface area contributed by atoms with Crippen molar-refractivity contribution in [3.8, 4) is 0 Å². The van der Waals surface area contributed by atoms with Crippen LogP contribution in [0.3, 0.4) is 0 Å². The summed E-state index contributed by atoms with van der Waals surface area (Å²) in [5.74, 6) is -3.60. The van der Waals surface area contributed by atoms with Crippen LogP contribution in [0.5, 0.6) is 0 Å². The standard InChI is InChI=1S/C9H8F2O8S/c10-9(11,20(14,15)16)8(13)19-5-3-1-2-4(17-3)6(5)18-7(2)12/h2-6H,1H2,(H,14,15,16)/p-1. The van der Waals surface area contributed by atoms with E-state index in [1.807, 2.05) is 0 Å². The van der Waals surface area contributed by atoms with Gasteiger partial charge in [0.25, 0.3) is 0 Å². The first-order valence-corrected chi connectivity index (χ1v) is 6.94. The summed E-state index contributed by atoms with van der Waals surface area (Å²) in [4.78, 5) is 22.5. The number of esters is 2. The minimum Gasteiger partial charge on any atom is -0.743 e. The fraction of sp³-hybridized carbons (Fsp3) is 0.778. The van der Waals surface area contributed by atoms with Gasteiger partial charge >= 0.3 is 17.2 Å². The molecule has 0 radical (unpaired) electrons. The zero-order valence-corrected chi connectivity index (χ0v) is 10.3. The molecule has 3 aliphatic rings. The molecule has 2 bridgehead atoms. The van der Waals surface area contributed by atoms with Gasteiger partial charge in [-0.1, -0.05) is 0 Å². The van der Waals surface area contributed by atoms with Crippen molar-refractivity contribution in [2.45, 2.75) is 36.1 Å². The van der Waals surface area contributed by atoms with E-state index in [4.69, 9.17) is 9.47 Å². The lowest BCUT2D eigenvalue weighted by molar-refractivity contribution is -0.175. The minimum atomic E-state index is -6.19. The highest BCUT2D eigenvalue weighted by atomic mass is 32.2. The highest BCUT2D eigenvalue weighted by Gasteiger charge is 2.66. The Kier molecular flexibility index (Phi) is 2.63. The van der Waals surface area contributed by atoms with Gasteiger partial charge in [0.2, 0.25) is 0 Å². The molecule has 0 amide bonds. The molecule has 0 aromatic heterocycles. The van der Waals surface area contributed by atoms with E-state index in [1.165, 1.54) is 0 Å². The Labute approximate surface area is 110 Å². The monoisotopic (exact) mass is 313 g/mol. The zero-order chi connectivity index (χ0) is 14.9. The third-order valence-electron chi connectivity index (χ3n) is 3.58. The lowest BCUT2D eigenvalue weighted by atomic mass is 9.88. The molecule has 0 saturated carbocycles. The number of ether oxygens (including phenoxy) is 3. The van der Waals surface area contributed by atoms with Gasteiger partial charge in [0, 0.05) is 0 Å². The zero-order valence-electron chi connectivity index (χ0n) is 9.52. The molecule has 0 aliphatic carbocycles. The number of carbonyl (C=O) groups excluding carboxylic acids is 2. The summed E-state index contributed by atoms with van der Waals surface area (Å²) in [7, 11) is -6.19. The van der Waals surface area contributed by atoms with Crippen LogP contribution in [0.15, 0.2) is 0 Å². The maximum Gasteiger partial charge on any atom is 0.428 e. The summed E-state index contributed by atoms with van der Waals surface area (Å²) in [5, 5.41) is -5.20. The molecule has 0 N–H and O–H groups in total. The van der Waals surface area contributed by atoms with Crippen molar-refractivity contribution in [2.75, 3.05) is 0 Å². The largest absolute Gasteiger partial charge is 0.743 e. The van der Waals surface area contributed by atoms with Gasteiger partial charge in [-0.05, 0) is 6.42 Å². The van der Waals surface area contributed by atoms with Crippen molar-refractivity contribution in [3.63, 3.8) is 0 Å². The lowest BCUT2D eigenvalue weighted by Crippen LogP contribution is -2.46. The van der Waals surface area contributed by atoms with E-state index in [0.717, 1.165) is 0 Å². The maximum absolute atomic E-state index is 13.0. The Morgan fingerprint density at radius 3 is 2.65 bits per heavy atom. The van der Waals surface area contributed by atoms with Crippen LogP contribution >= 0.6 is 0 Å². The summed E-state index contributed by atoms with van der Waals surface area (Å²) in [6.07, 6.45) is -3.75. The van der Waals surface area contributed by atoms with Gasteiger partial charge in [-0.2, -0.15) is 8.78 Å². The quantitative estimate of drug-likeness (QED) is 0.468. The van der Waals surface area contributed by atoms with Crippen LogP contribution in [0, 0.1) is 5.92 Å². The molecule has 8 nitrogen and oxygen atoms in total. The second-order valence-electron chi connectivity index (χ2n) is 4.72. The van der Waals surface area contributed by atoms with Crippen LogP contribution < -0.4 is 0 Å². The Morgan fingerprint density at radius 1 is 1.40 bits per heavy atom. The van der Waals surface area contributed by atoms with Crippen LogP contribution in [-0.2, 0) is 33.9 Å². The SMILES string of the molecule is O=C1OC2C(OC(=O)C(F)(F)S(=O)(=O)[O-])C3CC1C2O3. The van der Waals surface area contributed by atoms with E-state index in [9.17, 15) is 31.3 Å². The molecule has 0 aromatic rings. The molecule has 0 spiro atoms. The highest BCUT2D eigenvalue weighted by Crippen LogP contribution is 2.47. The minimum absolute atomic E-state index is 0.133. The van der Waals surface area contributed by atoms with Crippen LogP contribution in [-0.4, -0.2) is 54.6 Å². The van der Waals surface area contributed by atoms with E-state index in [1.54, 1.807) is 0 Å². The summed E-state index contributed by atoms with van der Waals surface area (Å²) in [6, 6.07) is 0. The van der Waals surface area contributed by atoms with Crippen molar-refractivity contribution in [3.05, 3.63) is 0 Å². The number of alkyl halides is 2. The third kappa shape index (κ3) is 1.66. The normalized spacial score (nSPS) is 39.0. The first kappa shape index (κ1) is 13.6. The fourth-order valence-corrected chi connectivity index (χ4v) is 2.93. The van der Waals surface area contributed by atoms with Crippen LogP contribution in [0.2, 0.25) is 0 Å². The number of fused-ring (bicyclic) bond motifs is 1. The Hall–Kier alpha value is -1.33. The van der Waals surface area contributed by atoms with Crippen molar-refractivity contribution >= 4 is 22.1 Å². The van der Waals surface area contributed by atoms with Gasteiger partial charge in [0.05, 0.1) is 12.0 Å². The number of hydrogen-bond donors (Lipinski definition) is 0. The summed E-state index contributed by atoms with van der Waals surface area (Å²) in [6.45, 7) is 0. The Morgan fingerprint density at radius 2 is 2.05 bits per heavy atom. The number of hydrogen-bond acceptors (Lipinski definition) is 8. The van der Waals surface area contributed by atoms with E-state index in [-0.39, 0.29) is 6.42 Å². The number of halogens is 2. The molecule has 0 aromatic carbocycles. The topological polar surface area (TPSA) is 119 Å². The van der Waals surface area contributed by atoms with Crippen LogP contribution in [0.1, 0.15) is 6.42 Å². The third-order valence-corrected chi connectivity index (χ3v) is 4.37. The molecule has 5 atom stereocenters. The molecule has 11 heteroatoms. The average Bonchev–Trinajstić information content (AvgIpc) is 2.91. The summed E-state index contributed by atoms with van der Waals surface area (Å²) >= 11 is 0. The number of rotatable bonds is 3. The van der Waals surface area contributed by atoms with E-state index in [2.05, 4.69) is 4.74 Å². The molecule has 3 heterocycles. The van der Waals surface area contributed by atoms with E-state index in [0.29, 0.717) is 0 Å². The van der Waals surface area contributed by atoms with Crippen LogP contribution in [0.25, 0.3) is 0 Å². The first-order chi connectivity index (χ1) is 9.13. The molecule has 5 unspecified atom stereocenters.